The van der Waals surface area contributed by atoms with Gasteiger partial charge in [-0.3, -0.25) is 9.59 Å². The molecule has 0 aromatic carbocycles. The Kier molecular flexibility index (Phi) is 5.55. The van der Waals surface area contributed by atoms with E-state index in [9.17, 15) is 14.4 Å². The van der Waals surface area contributed by atoms with Crippen molar-refractivity contribution < 1.29 is 23.9 Å². The van der Waals surface area contributed by atoms with E-state index < -0.39 is 0 Å². The van der Waals surface area contributed by atoms with Crippen LogP contribution in [0, 0.1) is 17.8 Å². The average molecular weight is 254 g/mol. The second-order valence-corrected chi connectivity index (χ2v) is 4.45. The second-order valence-electron chi connectivity index (χ2n) is 4.45. The number of esters is 2. The van der Waals surface area contributed by atoms with E-state index >= 15 is 0 Å². The normalized spacial score (nSPS) is 26.4. The van der Waals surface area contributed by atoms with Crippen LogP contribution in [0.5, 0.6) is 0 Å². The molecule has 0 saturated carbocycles. The average Bonchev–Trinajstić information content (AvgIpc) is 2.34. The first kappa shape index (κ1) is 14.4. The third kappa shape index (κ3) is 4.69. The molecule has 0 fully saturated rings. The zero-order valence-corrected chi connectivity index (χ0v) is 10.6. The first-order valence-electron chi connectivity index (χ1n) is 5.93. The van der Waals surface area contributed by atoms with Gasteiger partial charge in [0.2, 0.25) is 0 Å². The molecule has 0 aliphatic heterocycles. The minimum atomic E-state index is -0.352. The predicted molar refractivity (Wildman–Crippen MR) is 63.6 cm³/mol. The lowest BCUT2D eigenvalue weighted by Gasteiger charge is -2.27. The van der Waals surface area contributed by atoms with Crippen LogP contribution in [0.15, 0.2) is 12.2 Å². The van der Waals surface area contributed by atoms with Gasteiger partial charge in [-0.2, -0.15) is 0 Å². The Morgan fingerprint density at radius 3 is 2.33 bits per heavy atom. The number of hydrogen-bond acceptors (Lipinski definition) is 5. The van der Waals surface area contributed by atoms with Crippen molar-refractivity contribution in [3.8, 4) is 0 Å². The monoisotopic (exact) mass is 254 g/mol. The van der Waals surface area contributed by atoms with E-state index in [0.29, 0.717) is 6.42 Å². The lowest BCUT2D eigenvalue weighted by atomic mass is 9.80. The maximum atomic E-state index is 11.0. The number of rotatable bonds is 5. The summed E-state index contributed by atoms with van der Waals surface area (Å²) in [4.78, 5) is 32.5. The maximum absolute atomic E-state index is 11.0. The van der Waals surface area contributed by atoms with Crippen molar-refractivity contribution in [1.29, 1.82) is 0 Å². The van der Waals surface area contributed by atoms with Crippen LogP contribution in [0.4, 0.5) is 0 Å². The fourth-order valence-corrected chi connectivity index (χ4v) is 1.94. The maximum Gasteiger partial charge on any atom is 0.302 e. The van der Waals surface area contributed by atoms with Gasteiger partial charge in [-0.05, 0) is 6.42 Å². The van der Waals surface area contributed by atoms with Crippen LogP contribution in [0.1, 0.15) is 20.3 Å². The summed E-state index contributed by atoms with van der Waals surface area (Å²) in [5.74, 6) is -0.907. The highest BCUT2D eigenvalue weighted by molar-refractivity contribution is 5.66. The predicted octanol–water partition coefficient (Wildman–Crippen LogP) is 1.12. The van der Waals surface area contributed by atoms with Crippen LogP contribution in [-0.4, -0.2) is 31.4 Å². The van der Waals surface area contributed by atoms with Gasteiger partial charge >= 0.3 is 11.9 Å². The highest BCUT2D eigenvalue weighted by Crippen LogP contribution is 2.27. The topological polar surface area (TPSA) is 69.7 Å². The molecule has 0 saturated heterocycles. The number of hydrogen-bond donors (Lipinski definition) is 0. The van der Waals surface area contributed by atoms with Crippen LogP contribution in [0.3, 0.4) is 0 Å². The molecule has 5 nitrogen and oxygen atoms in total. The minimum Gasteiger partial charge on any atom is -0.465 e. The third-order valence-corrected chi connectivity index (χ3v) is 2.91. The highest BCUT2D eigenvalue weighted by Gasteiger charge is 2.27. The zero-order valence-electron chi connectivity index (χ0n) is 10.6. The van der Waals surface area contributed by atoms with Crippen molar-refractivity contribution in [2.45, 2.75) is 20.3 Å². The van der Waals surface area contributed by atoms with E-state index in [4.69, 9.17) is 9.47 Å². The minimum absolute atomic E-state index is 0.0534. The highest BCUT2D eigenvalue weighted by atomic mass is 16.5. The number of ether oxygens (including phenoxy) is 2. The second kappa shape index (κ2) is 6.93. The molecule has 1 aliphatic carbocycles. The summed E-state index contributed by atoms with van der Waals surface area (Å²) >= 11 is 0. The molecule has 3 atom stereocenters. The molecule has 0 heterocycles. The molecule has 100 valence electrons. The van der Waals surface area contributed by atoms with Gasteiger partial charge in [0.15, 0.2) is 0 Å². The van der Waals surface area contributed by atoms with E-state index in [1.54, 1.807) is 0 Å². The van der Waals surface area contributed by atoms with E-state index in [1.807, 2.05) is 12.2 Å². The third-order valence-electron chi connectivity index (χ3n) is 2.91. The first-order valence-corrected chi connectivity index (χ1v) is 5.93. The summed E-state index contributed by atoms with van der Waals surface area (Å²) in [5, 5.41) is 0. The Morgan fingerprint density at radius 2 is 1.78 bits per heavy atom. The van der Waals surface area contributed by atoms with Gasteiger partial charge < -0.3 is 14.3 Å². The molecular weight excluding hydrogens is 236 g/mol. The summed E-state index contributed by atoms with van der Waals surface area (Å²) < 4.78 is 9.83. The van der Waals surface area contributed by atoms with Crippen LogP contribution in [0.2, 0.25) is 0 Å². The standard InChI is InChI=1S/C13H18O5/c1-9(15)17-7-11-3-4-12(8-18-10(2)16)13(5-11)6-14/h3-4,6,11-13H,5,7-8H2,1-2H3/t11-,12-,13+/m0/s1. The Balaban J connectivity index is 2.51. The molecule has 1 rings (SSSR count). The van der Waals surface area contributed by atoms with Crippen molar-refractivity contribution in [3.63, 3.8) is 0 Å². The van der Waals surface area contributed by atoms with Crippen LogP contribution < -0.4 is 0 Å². The van der Waals surface area contributed by atoms with E-state index in [-0.39, 0.29) is 42.9 Å². The fourth-order valence-electron chi connectivity index (χ4n) is 1.94. The van der Waals surface area contributed by atoms with Crippen LogP contribution in [-0.2, 0) is 23.9 Å². The molecule has 5 heteroatoms. The number of carbonyl (C=O) groups is 3. The Morgan fingerprint density at radius 1 is 1.17 bits per heavy atom. The molecule has 0 spiro atoms. The van der Waals surface area contributed by atoms with Gasteiger partial charge in [-0.1, -0.05) is 12.2 Å². The Labute approximate surface area is 106 Å². The molecule has 0 unspecified atom stereocenters. The van der Waals surface area contributed by atoms with Gasteiger partial charge in [0.1, 0.15) is 6.29 Å². The summed E-state index contributed by atoms with van der Waals surface area (Å²) in [7, 11) is 0. The summed E-state index contributed by atoms with van der Waals surface area (Å²) in [6.45, 7) is 3.20. The Bertz CT molecular complexity index is 347. The lowest BCUT2D eigenvalue weighted by molar-refractivity contribution is -0.144. The van der Waals surface area contributed by atoms with E-state index in [2.05, 4.69) is 0 Å². The van der Waals surface area contributed by atoms with Gasteiger partial charge in [0.25, 0.3) is 0 Å². The van der Waals surface area contributed by atoms with Gasteiger partial charge in [0, 0.05) is 31.6 Å². The molecule has 0 amide bonds. The first-order chi connectivity index (χ1) is 8.52. The van der Waals surface area contributed by atoms with Crippen molar-refractivity contribution >= 4 is 18.2 Å². The number of aldehydes is 1. The van der Waals surface area contributed by atoms with Gasteiger partial charge in [-0.25, -0.2) is 0 Å². The SMILES string of the molecule is CC(=O)OC[C@H]1C=C[C@@H](COC(C)=O)[C@@H](C=O)C1. The largest absolute Gasteiger partial charge is 0.465 e. The molecule has 0 aromatic heterocycles. The fraction of sp³-hybridized carbons (Fsp3) is 0.615. The number of carbonyl (C=O) groups excluding carboxylic acids is 3. The zero-order chi connectivity index (χ0) is 13.5. The molecular formula is C13H18O5. The molecule has 0 radical (unpaired) electrons. The summed E-state index contributed by atoms with van der Waals surface area (Å²) in [6, 6.07) is 0. The van der Waals surface area contributed by atoms with Gasteiger partial charge in [-0.15, -0.1) is 0 Å². The van der Waals surface area contributed by atoms with Crippen molar-refractivity contribution in [2.75, 3.05) is 13.2 Å². The molecule has 1 aliphatic rings. The van der Waals surface area contributed by atoms with Crippen molar-refractivity contribution in [1.82, 2.24) is 0 Å². The van der Waals surface area contributed by atoms with Crippen LogP contribution >= 0.6 is 0 Å². The molecule has 18 heavy (non-hydrogen) atoms. The van der Waals surface area contributed by atoms with Crippen molar-refractivity contribution in [2.24, 2.45) is 17.8 Å². The van der Waals surface area contributed by atoms with E-state index in [0.717, 1.165) is 6.29 Å². The molecule has 0 bridgehead atoms. The van der Waals surface area contributed by atoms with Crippen molar-refractivity contribution in [3.05, 3.63) is 12.2 Å². The summed E-state index contributed by atoms with van der Waals surface area (Å²) in [5.41, 5.74) is 0. The van der Waals surface area contributed by atoms with Crippen LogP contribution in [0.25, 0.3) is 0 Å². The molecule has 0 N–H and O–H groups in total. The quantitative estimate of drug-likeness (QED) is 0.418. The van der Waals surface area contributed by atoms with Gasteiger partial charge in [0.05, 0.1) is 13.2 Å². The smallest absolute Gasteiger partial charge is 0.302 e. The summed E-state index contributed by atoms with van der Waals surface area (Å²) in [6.07, 6.45) is 5.26. The van der Waals surface area contributed by atoms with E-state index in [1.165, 1.54) is 13.8 Å². The molecule has 0 aromatic rings. The Hall–Kier alpha value is -1.65. The lowest BCUT2D eigenvalue weighted by Crippen LogP contribution is -2.28.